The molecule has 3 saturated heterocycles. The summed E-state index contributed by atoms with van der Waals surface area (Å²) in [5, 5.41) is 12.0. The van der Waals surface area contributed by atoms with Gasteiger partial charge >= 0.3 is 0 Å². The Morgan fingerprint density at radius 2 is 1.76 bits per heavy atom. The molecule has 3 aliphatic heterocycles. The van der Waals surface area contributed by atoms with E-state index in [1.54, 1.807) is 6.20 Å². The lowest BCUT2D eigenvalue weighted by molar-refractivity contribution is -0.134. The molecule has 4 fully saturated rings. The van der Waals surface area contributed by atoms with Crippen molar-refractivity contribution in [2.24, 2.45) is 11.7 Å². The number of likely N-dealkylation sites (tertiary alicyclic amines) is 1. The van der Waals surface area contributed by atoms with Crippen LogP contribution in [0, 0.1) is 5.92 Å². The molecule has 6 heterocycles. The highest BCUT2D eigenvalue weighted by atomic mass is 16.5. The summed E-state index contributed by atoms with van der Waals surface area (Å²) in [6.07, 6.45) is 13.8. The first kappa shape index (κ1) is 34.5. The summed E-state index contributed by atoms with van der Waals surface area (Å²) in [4.78, 5) is 50.6. The second-order valence-corrected chi connectivity index (χ2v) is 15.7. The quantitative estimate of drug-likeness (QED) is 0.150. The highest BCUT2D eigenvalue weighted by Gasteiger charge is 2.34. The average molecular weight is 730 g/mol. The van der Waals surface area contributed by atoms with Gasteiger partial charge in [0, 0.05) is 54.9 Å². The number of amides is 3. The van der Waals surface area contributed by atoms with E-state index in [1.807, 2.05) is 6.07 Å². The Bertz CT molecular complexity index is 2200. The highest BCUT2D eigenvalue weighted by Crippen LogP contribution is 2.41. The number of imide groups is 1. The first-order valence-electron chi connectivity index (χ1n) is 19.6. The standard InChI is InChI=1S/C41H47N9O4/c42-39(52)38-40(45-34(23-43-38)49-17-2-1-3-18-49)44-28-7-5-26(6-8-28)27-14-19-48(20-15-27)24-25-4-9-29(22-25)50-21-16-30-32(50)11-12-33-36(30)37(47-54-33)31-10-13-35(51)46-41(31)53/h5-8,11-12,16,21,23,25,27,29,31H,1-4,9-10,13-15,17-20,22,24H2,(H2,42,52)(H,44,45)(H,46,51,53)/t25-,29?,31?/m1/s1. The van der Waals surface area contributed by atoms with Crippen LogP contribution in [0.15, 0.2) is 59.4 Å². The van der Waals surface area contributed by atoms with E-state index >= 15 is 0 Å². The Morgan fingerprint density at radius 3 is 2.54 bits per heavy atom. The Labute approximate surface area is 313 Å². The molecule has 2 aromatic carbocycles. The zero-order valence-electron chi connectivity index (χ0n) is 30.5. The van der Waals surface area contributed by atoms with Gasteiger partial charge in [-0.1, -0.05) is 17.3 Å². The number of aromatic nitrogens is 4. The lowest BCUT2D eigenvalue weighted by Gasteiger charge is -2.34. The minimum Gasteiger partial charge on any atom is -0.364 e. The van der Waals surface area contributed by atoms with Crippen molar-refractivity contribution in [2.75, 3.05) is 42.9 Å². The second-order valence-electron chi connectivity index (χ2n) is 15.7. The molecule has 13 heteroatoms. The van der Waals surface area contributed by atoms with Crippen molar-refractivity contribution in [1.29, 1.82) is 0 Å². The summed E-state index contributed by atoms with van der Waals surface area (Å²) >= 11 is 0. The van der Waals surface area contributed by atoms with E-state index in [1.165, 1.54) is 18.4 Å². The molecule has 13 nitrogen and oxygen atoms in total. The number of nitrogens with zero attached hydrogens (tertiary/aromatic N) is 6. The van der Waals surface area contributed by atoms with Crippen LogP contribution in [0.25, 0.3) is 21.9 Å². The highest BCUT2D eigenvalue weighted by molar-refractivity contribution is 6.09. The van der Waals surface area contributed by atoms with Crippen LogP contribution in [0.1, 0.15) is 104 Å². The third-order valence-corrected chi connectivity index (χ3v) is 12.3. The number of benzene rings is 2. The van der Waals surface area contributed by atoms with Crippen molar-refractivity contribution in [3.05, 3.63) is 71.8 Å². The number of hydrogen-bond acceptors (Lipinski definition) is 10. The van der Waals surface area contributed by atoms with Crippen LogP contribution in [0.5, 0.6) is 0 Å². The molecule has 9 rings (SSSR count). The van der Waals surface area contributed by atoms with Gasteiger partial charge in [-0.05, 0) is 119 Å². The van der Waals surface area contributed by atoms with Crippen LogP contribution in [0.4, 0.5) is 17.3 Å². The van der Waals surface area contributed by atoms with Crippen molar-refractivity contribution in [3.63, 3.8) is 0 Å². The summed E-state index contributed by atoms with van der Waals surface area (Å²) in [6.45, 7) is 5.19. The van der Waals surface area contributed by atoms with Gasteiger partial charge in [0.2, 0.25) is 11.8 Å². The van der Waals surface area contributed by atoms with Crippen molar-refractivity contribution in [1.82, 2.24) is 29.9 Å². The van der Waals surface area contributed by atoms with Crippen molar-refractivity contribution in [2.45, 2.75) is 82.1 Å². The van der Waals surface area contributed by atoms with Gasteiger partial charge in [0.1, 0.15) is 11.5 Å². The number of fused-ring (bicyclic) bond motifs is 3. The molecule has 3 aromatic heterocycles. The molecule has 5 aromatic rings. The van der Waals surface area contributed by atoms with Crippen molar-refractivity contribution in [3.8, 4) is 0 Å². The van der Waals surface area contributed by atoms with E-state index in [9.17, 15) is 14.4 Å². The Morgan fingerprint density at radius 1 is 0.944 bits per heavy atom. The summed E-state index contributed by atoms with van der Waals surface area (Å²) in [6, 6.07) is 15.1. The average Bonchev–Trinajstić information content (AvgIpc) is 3.94. The molecule has 4 aliphatic rings. The van der Waals surface area contributed by atoms with Crippen LogP contribution >= 0.6 is 0 Å². The molecule has 1 aliphatic carbocycles. The lowest BCUT2D eigenvalue weighted by Crippen LogP contribution is -2.39. The van der Waals surface area contributed by atoms with Crippen LogP contribution in [-0.4, -0.2) is 75.0 Å². The fraction of sp³-hybridized carbons (Fsp3) is 0.463. The molecular formula is C41H47N9O4. The zero-order chi connectivity index (χ0) is 36.8. The van der Waals surface area contributed by atoms with Gasteiger partial charge in [-0.15, -0.1) is 0 Å². The van der Waals surface area contributed by atoms with E-state index in [2.05, 4.69) is 77.7 Å². The number of primary amides is 1. The number of nitrogens with one attached hydrogen (secondary N) is 2. The Balaban J connectivity index is 0.804. The summed E-state index contributed by atoms with van der Waals surface area (Å²) in [5.74, 6) is 0.720. The molecular weight excluding hydrogens is 683 g/mol. The van der Waals surface area contributed by atoms with Crippen molar-refractivity contribution >= 4 is 56.9 Å². The topological polar surface area (TPSA) is 165 Å². The molecule has 2 unspecified atom stereocenters. The fourth-order valence-corrected chi connectivity index (χ4v) is 9.39. The predicted molar refractivity (Wildman–Crippen MR) is 206 cm³/mol. The van der Waals surface area contributed by atoms with E-state index < -0.39 is 11.8 Å². The Kier molecular flexibility index (Phi) is 9.26. The van der Waals surface area contributed by atoms with E-state index in [0.717, 1.165) is 99.0 Å². The number of piperidine rings is 3. The normalized spacial score (nSPS) is 23.0. The third-order valence-electron chi connectivity index (χ3n) is 12.3. The zero-order valence-corrected chi connectivity index (χ0v) is 30.5. The maximum atomic E-state index is 12.7. The van der Waals surface area contributed by atoms with Gasteiger partial charge in [-0.2, -0.15) is 0 Å². The number of rotatable bonds is 9. The van der Waals surface area contributed by atoms with E-state index in [0.29, 0.717) is 47.8 Å². The molecule has 0 spiro atoms. The van der Waals surface area contributed by atoms with Gasteiger partial charge in [-0.25, -0.2) is 9.97 Å². The molecule has 280 valence electrons. The van der Waals surface area contributed by atoms with E-state index in [4.69, 9.17) is 15.2 Å². The van der Waals surface area contributed by atoms with Gasteiger partial charge < -0.3 is 29.9 Å². The van der Waals surface area contributed by atoms with E-state index in [-0.39, 0.29) is 17.5 Å². The van der Waals surface area contributed by atoms with Gasteiger partial charge in [0.25, 0.3) is 5.91 Å². The van der Waals surface area contributed by atoms with Crippen molar-refractivity contribution < 1.29 is 18.9 Å². The summed E-state index contributed by atoms with van der Waals surface area (Å²) in [7, 11) is 0. The van der Waals surface area contributed by atoms with Crippen LogP contribution in [0.2, 0.25) is 0 Å². The van der Waals surface area contributed by atoms with Crippen LogP contribution in [-0.2, 0) is 9.59 Å². The maximum absolute atomic E-state index is 12.7. The minimum atomic E-state index is -0.596. The first-order chi connectivity index (χ1) is 26.4. The lowest BCUT2D eigenvalue weighted by atomic mass is 9.89. The number of anilines is 3. The minimum absolute atomic E-state index is 0.149. The van der Waals surface area contributed by atoms with Gasteiger partial charge in [0.15, 0.2) is 17.1 Å². The fourth-order valence-electron chi connectivity index (χ4n) is 9.39. The largest absolute Gasteiger partial charge is 0.364 e. The maximum Gasteiger partial charge on any atom is 0.271 e. The molecule has 4 N–H and O–H groups in total. The molecule has 3 amide bonds. The molecule has 0 radical (unpaired) electrons. The van der Waals surface area contributed by atoms with Crippen LogP contribution in [0.3, 0.4) is 0 Å². The SMILES string of the molecule is NC(=O)c1ncc(N2CCCCC2)nc1Nc1ccc(C2CCN(C[C@@H]3CCC(n4ccc5c6c(C7CCC(=O)NC7=O)noc6ccc54)C3)CC2)cc1. The number of carbonyl (C=O) groups is 3. The monoisotopic (exact) mass is 729 g/mol. The first-order valence-corrected chi connectivity index (χ1v) is 19.6. The molecule has 1 saturated carbocycles. The van der Waals surface area contributed by atoms with Gasteiger partial charge in [0.05, 0.1) is 17.5 Å². The van der Waals surface area contributed by atoms with Gasteiger partial charge in [-0.3, -0.25) is 19.7 Å². The van der Waals surface area contributed by atoms with Crippen LogP contribution < -0.4 is 21.3 Å². The summed E-state index contributed by atoms with van der Waals surface area (Å²) in [5.41, 5.74) is 10.4. The third kappa shape index (κ3) is 6.69. The molecule has 3 atom stereocenters. The second kappa shape index (κ2) is 14.5. The smallest absolute Gasteiger partial charge is 0.271 e. The number of hydrogen-bond donors (Lipinski definition) is 3. The Hall–Kier alpha value is -5.30. The number of nitrogens with two attached hydrogens (primary N) is 1. The molecule has 54 heavy (non-hydrogen) atoms. The summed E-state index contributed by atoms with van der Waals surface area (Å²) < 4.78 is 8.07. The number of carbonyl (C=O) groups excluding carboxylic acids is 3. The molecule has 0 bridgehead atoms. The predicted octanol–water partition coefficient (Wildman–Crippen LogP) is 6.15.